The average Bonchev–Trinajstić information content (AvgIpc) is 1.42. The second kappa shape index (κ2) is 25.6. The Labute approximate surface area is 490 Å². The molecule has 0 bridgehead atoms. The van der Waals surface area contributed by atoms with Gasteiger partial charge in [-0.2, -0.15) is 8.42 Å². The molecule has 5 saturated heterocycles. The fraction of sp³-hybridized carbons (Fsp3) is 0.930. The first-order chi connectivity index (χ1) is 39.2. The summed E-state index contributed by atoms with van der Waals surface area (Å²) in [4.78, 5) is 0. The molecular formula is C57H94O26S. The van der Waals surface area contributed by atoms with E-state index >= 15 is 0 Å². The molecule has 0 aromatic carbocycles. The van der Waals surface area contributed by atoms with Gasteiger partial charge in [-0.15, -0.1) is 0 Å². The Morgan fingerprint density at radius 2 is 1.14 bits per heavy atom. The standard InChI is InChI=1S/C57H94O26S/c1-22(2)23(3)13-18-57(10,69)35-12-11-30-29-20-33(32-19-28(83-84(70,71)72)14-16-55(32,8)31(29)15-17-56(30,35)9)78-52-46(68)47(39(61)27(7)76-52)80-53-48(81-50-44(66)41(63)36(58)24(4)74-50)40(62)34(21-73-53)79-54-49(43(65)38(60)26(6)77-54)82-51-45(67)42(64)37(59)25(5)75-51/h15,22,24-30,32-54,58-69H,3,11-14,16-21H2,1-2,4-10H3,(H,70,71,72). The van der Waals surface area contributed by atoms with Gasteiger partial charge in [0.1, 0.15) is 91.6 Å². The van der Waals surface area contributed by atoms with Gasteiger partial charge in [-0.3, -0.25) is 4.55 Å². The zero-order valence-corrected chi connectivity index (χ0v) is 50.1. The SMILES string of the molecule is C=C(CCC(C)(O)C1CCC2C3CC(OC4OC(C)C(O)C(OC5OCC(OC6OC(C)C(O)C(O)C6OC6OC(C)C(O)C(O)C6O)C(O)C5OC5OC(C)C(O)C(O)C5O)C4O)C4CC(OS(=O)(=O)O)CCC4(C)C3=CCC21C)C(C)C. The molecule has 5 heterocycles. The molecule has 0 amide bonds. The normalized spacial score (nSPS) is 51.7. The molecule has 0 aromatic rings. The lowest BCUT2D eigenvalue weighted by Gasteiger charge is -2.60. The van der Waals surface area contributed by atoms with Crippen molar-refractivity contribution >= 4 is 10.4 Å². The predicted octanol–water partition coefficient (Wildman–Crippen LogP) is -0.662. The molecule has 27 heteroatoms. The average molecular weight is 1230 g/mol. The van der Waals surface area contributed by atoms with E-state index in [2.05, 4.69) is 40.3 Å². The number of aliphatic hydroxyl groups is 12. The Kier molecular flexibility index (Phi) is 20.4. The number of hydrogen-bond acceptors (Lipinski definition) is 25. The van der Waals surface area contributed by atoms with Crippen LogP contribution in [0.1, 0.15) is 120 Å². The summed E-state index contributed by atoms with van der Waals surface area (Å²) < 4.78 is 101. The van der Waals surface area contributed by atoms with Gasteiger partial charge in [0, 0.05) is 0 Å². The highest BCUT2D eigenvalue weighted by atomic mass is 32.3. The van der Waals surface area contributed by atoms with Gasteiger partial charge in [-0.25, -0.2) is 4.18 Å². The van der Waals surface area contributed by atoms with Crippen molar-refractivity contribution in [3.05, 3.63) is 23.8 Å². The Morgan fingerprint density at radius 1 is 0.631 bits per heavy atom. The van der Waals surface area contributed by atoms with Crippen LogP contribution in [0.15, 0.2) is 23.8 Å². The van der Waals surface area contributed by atoms with E-state index in [9.17, 15) is 74.2 Å². The third-order valence-corrected chi connectivity index (χ3v) is 21.3. The first-order valence-electron chi connectivity index (χ1n) is 29.9. The van der Waals surface area contributed by atoms with Crippen molar-refractivity contribution in [2.45, 2.75) is 285 Å². The van der Waals surface area contributed by atoms with Crippen LogP contribution in [0.5, 0.6) is 0 Å². The van der Waals surface area contributed by atoms with E-state index in [1.807, 2.05) is 6.92 Å². The van der Waals surface area contributed by atoms with E-state index in [0.717, 1.165) is 18.4 Å². The molecule has 9 rings (SSSR count). The maximum atomic E-state index is 12.4. The molecule has 13 N–H and O–H groups in total. The molecule has 5 aliphatic heterocycles. The van der Waals surface area contributed by atoms with Gasteiger partial charge in [-0.1, -0.05) is 51.5 Å². The Morgan fingerprint density at radius 3 is 1.71 bits per heavy atom. The molecule has 3 saturated carbocycles. The summed E-state index contributed by atoms with van der Waals surface area (Å²) >= 11 is 0. The van der Waals surface area contributed by atoms with Crippen LogP contribution in [-0.4, -0.2) is 246 Å². The van der Waals surface area contributed by atoms with Crippen molar-refractivity contribution in [3.8, 4) is 0 Å². The minimum Gasteiger partial charge on any atom is -0.390 e. The summed E-state index contributed by atoms with van der Waals surface area (Å²) in [7, 11) is -4.85. The fourth-order valence-electron chi connectivity index (χ4n) is 15.5. The zero-order chi connectivity index (χ0) is 61.6. The first-order valence-corrected chi connectivity index (χ1v) is 31.3. The van der Waals surface area contributed by atoms with Gasteiger partial charge in [0.05, 0.1) is 48.8 Å². The number of allylic oxidation sites excluding steroid dienone is 3. The van der Waals surface area contributed by atoms with Gasteiger partial charge in [0.25, 0.3) is 0 Å². The highest BCUT2D eigenvalue weighted by Gasteiger charge is 2.63. The molecule has 84 heavy (non-hydrogen) atoms. The van der Waals surface area contributed by atoms with E-state index < -0.39 is 194 Å². The van der Waals surface area contributed by atoms with Gasteiger partial charge in [0.15, 0.2) is 31.5 Å². The van der Waals surface area contributed by atoms with Crippen LogP contribution in [-0.2, 0) is 62.0 Å². The molecule has 4 aliphatic carbocycles. The second-order valence-electron chi connectivity index (χ2n) is 26.7. The molecule has 484 valence electrons. The van der Waals surface area contributed by atoms with Gasteiger partial charge < -0.3 is 109 Å². The van der Waals surface area contributed by atoms with Crippen molar-refractivity contribution in [3.63, 3.8) is 0 Å². The maximum Gasteiger partial charge on any atom is 0.397 e. The van der Waals surface area contributed by atoms with Crippen molar-refractivity contribution in [1.82, 2.24) is 0 Å². The van der Waals surface area contributed by atoms with E-state index in [0.29, 0.717) is 38.5 Å². The predicted molar refractivity (Wildman–Crippen MR) is 288 cm³/mol. The molecular weight excluding hydrogens is 1130 g/mol. The molecule has 0 spiro atoms. The third kappa shape index (κ3) is 13.0. The van der Waals surface area contributed by atoms with Crippen molar-refractivity contribution in [1.29, 1.82) is 0 Å². The third-order valence-electron chi connectivity index (χ3n) is 20.8. The minimum atomic E-state index is -4.85. The number of ether oxygens (including phenoxy) is 10. The number of aliphatic hydroxyl groups excluding tert-OH is 11. The molecule has 33 atom stereocenters. The smallest absolute Gasteiger partial charge is 0.390 e. The molecule has 0 radical (unpaired) electrons. The summed E-state index contributed by atoms with van der Waals surface area (Å²) in [6.45, 7) is 19.9. The lowest BCUT2D eigenvalue weighted by atomic mass is 9.47. The Hall–Kier alpha value is -1.53. The summed E-state index contributed by atoms with van der Waals surface area (Å²) in [6.07, 6.45) is -33.5. The van der Waals surface area contributed by atoms with Crippen LogP contribution in [0.3, 0.4) is 0 Å². The van der Waals surface area contributed by atoms with Gasteiger partial charge >= 0.3 is 10.4 Å². The molecule has 26 nitrogen and oxygen atoms in total. The first kappa shape index (κ1) is 66.9. The minimum absolute atomic E-state index is 0.0478. The van der Waals surface area contributed by atoms with E-state index in [1.165, 1.54) is 33.3 Å². The van der Waals surface area contributed by atoms with Crippen LogP contribution >= 0.6 is 0 Å². The molecule has 9 aliphatic rings. The zero-order valence-electron chi connectivity index (χ0n) is 49.3. The summed E-state index contributed by atoms with van der Waals surface area (Å²) in [5, 5.41) is 135. The van der Waals surface area contributed by atoms with E-state index in [4.69, 9.17) is 51.6 Å². The number of fused-ring (bicyclic) bond motifs is 5. The van der Waals surface area contributed by atoms with E-state index in [1.54, 1.807) is 0 Å². The molecule has 0 aromatic heterocycles. The number of hydrogen-bond donors (Lipinski definition) is 13. The largest absolute Gasteiger partial charge is 0.397 e. The van der Waals surface area contributed by atoms with Crippen molar-refractivity contribution in [2.24, 2.45) is 40.4 Å². The van der Waals surface area contributed by atoms with Crippen LogP contribution < -0.4 is 0 Å². The summed E-state index contributed by atoms with van der Waals surface area (Å²) in [6, 6.07) is 0. The van der Waals surface area contributed by atoms with E-state index in [-0.39, 0.29) is 35.5 Å². The van der Waals surface area contributed by atoms with Gasteiger partial charge in [0.2, 0.25) is 0 Å². The lowest BCUT2D eigenvalue weighted by molar-refractivity contribution is -0.397. The highest BCUT2D eigenvalue weighted by molar-refractivity contribution is 7.80. The second-order valence-corrected chi connectivity index (χ2v) is 27.7. The van der Waals surface area contributed by atoms with Crippen LogP contribution in [0.2, 0.25) is 0 Å². The van der Waals surface area contributed by atoms with Crippen LogP contribution in [0, 0.1) is 40.4 Å². The molecule has 33 unspecified atom stereocenters. The van der Waals surface area contributed by atoms with Crippen LogP contribution in [0.4, 0.5) is 0 Å². The topological polar surface area (TPSA) is 399 Å². The summed E-state index contributed by atoms with van der Waals surface area (Å²) in [5.41, 5.74) is 0.377. The van der Waals surface area contributed by atoms with Gasteiger partial charge in [-0.05, 0) is 133 Å². The quantitative estimate of drug-likeness (QED) is 0.0635. The van der Waals surface area contributed by atoms with Crippen LogP contribution in [0.25, 0.3) is 0 Å². The summed E-state index contributed by atoms with van der Waals surface area (Å²) in [5.74, 6) is -0.204. The number of rotatable bonds is 17. The van der Waals surface area contributed by atoms with Crippen molar-refractivity contribution in [2.75, 3.05) is 6.61 Å². The highest BCUT2D eigenvalue weighted by Crippen LogP contribution is 2.67. The lowest BCUT2D eigenvalue weighted by Crippen LogP contribution is -2.66. The monoisotopic (exact) mass is 1230 g/mol. The van der Waals surface area contributed by atoms with Crippen molar-refractivity contribution < 1.29 is 126 Å². The fourth-order valence-corrected chi connectivity index (χ4v) is 16.1. The maximum absolute atomic E-state index is 12.4. The Balaban J connectivity index is 0.977. The molecule has 8 fully saturated rings. The Bertz CT molecular complexity index is 2400.